The van der Waals surface area contributed by atoms with E-state index in [4.69, 9.17) is 10.00 Å². The first kappa shape index (κ1) is 15.5. The molecule has 2 unspecified atom stereocenters. The summed E-state index contributed by atoms with van der Waals surface area (Å²) in [5.41, 5.74) is 1.46. The highest BCUT2D eigenvalue weighted by Crippen LogP contribution is 2.23. The Hall–Kier alpha value is -1.53. The van der Waals surface area contributed by atoms with Crippen LogP contribution >= 0.6 is 0 Å². The largest absolute Gasteiger partial charge is 0.479 e. The zero-order valence-corrected chi connectivity index (χ0v) is 12.5. The molecule has 1 aromatic rings. The molecule has 3 heteroatoms. The number of nitriles is 1. The topological polar surface area (TPSA) is 45.0 Å². The van der Waals surface area contributed by atoms with Gasteiger partial charge in [-0.05, 0) is 37.0 Å². The highest BCUT2D eigenvalue weighted by atomic mass is 16.5. The quantitative estimate of drug-likeness (QED) is 0.878. The minimum atomic E-state index is 0.0915. The van der Waals surface area contributed by atoms with Gasteiger partial charge in [-0.2, -0.15) is 5.26 Å². The summed E-state index contributed by atoms with van der Waals surface area (Å²) in [5, 5.41) is 12.1. The van der Waals surface area contributed by atoms with Gasteiger partial charge in [-0.1, -0.05) is 32.9 Å². The van der Waals surface area contributed by atoms with Gasteiger partial charge in [0, 0.05) is 12.1 Å². The molecule has 0 fully saturated rings. The predicted octanol–water partition coefficient (Wildman–Crippen LogP) is 3.67. The summed E-state index contributed by atoms with van der Waals surface area (Å²) in [6.45, 7) is 11.2. The molecule has 1 N–H and O–H groups in total. The minimum Gasteiger partial charge on any atom is -0.479 e. The third-order valence-electron chi connectivity index (χ3n) is 3.48. The van der Waals surface area contributed by atoms with Crippen molar-refractivity contribution >= 4 is 0 Å². The predicted molar refractivity (Wildman–Crippen MR) is 78.0 cm³/mol. The maximum Gasteiger partial charge on any atom is 0.174 e. The Labute approximate surface area is 116 Å². The maximum absolute atomic E-state index is 8.46. The first-order valence-electron chi connectivity index (χ1n) is 6.70. The zero-order chi connectivity index (χ0) is 14.5. The van der Waals surface area contributed by atoms with Crippen molar-refractivity contribution in [1.82, 2.24) is 5.32 Å². The van der Waals surface area contributed by atoms with Crippen molar-refractivity contribution in [3.05, 3.63) is 29.8 Å². The normalized spacial score (nSPS) is 14.5. The maximum atomic E-state index is 8.46. The second-order valence-electron chi connectivity index (χ2n) is 5.99. The van der Waals surface area contributed by atoms with Crippen molar-refractivity contribution in [2.24, 2.45) is 5.41 Å². The summed E-state index contributed by atoms with van der Waals surface area (Å²) in [6, 6.07) is 10.6. The molecule has 0 saturated carbocycles. The molecule has 0 heterocycles. The molecule has 0 aliphatic heterocycles. The van der Waals surface area contributed by atoms with E-state index in [-0.39, 0.29) is 12.0 Å². The summed E-state index contributed by atoms with van der Waals surface area (Å²) >= 11 is 0. The van der Waals surface area contributed by atoms with Gasteiger partial charge in [-0.25, -0.2) is 0 Å². The second-order valence-corrected chi connectivity index (χ2v) is 5.99. The highest BCUT2D eigenvalue weighted by molar-refractivity contribution is 5.29. The third-order valence-corrected chi connectivity index (χ3v) is 3.48. The Kier molecular flexibility index (Phi) is 5.38. The van der Waals surface area contributed by atoms with Crippen LogP contribution in [0.1, 0.15) is 46.2 Å². The van der Waals surface area contributed by atoms with E-state index < -0.39 is 0 Å². The van der Waals surface area contributed by atoms with Gasteiger partial charge in [-0.3, -0.25) is 0 Å². The molecule has 104 valence electrons. The van der Waals surface area contributed by atoms with Gasteiger partial charge >= 0.3 is 0 Å². The molecule has 0 aliphatic carbocycles. The average Bonchev–Trinajstić information content (AvgIpc) is 2.35. The van der Waals surface area contributed by atoms with E-state index in [1.54, 1.807) is 0 Å². The lowest BCUT2D eigenvalue weighted by molar-refractivity contribution is 0.268. The Morgan fingerprint density at radius 3 is 2.26 bits per heavy atom. The van der Waals surface area contributed by atoms with Crippen molar-refractivity contribution in [3.8, 4) is 11.8 Å². The molecule has 2 atom stereocenters. The van der Waals surface area contributed by atoms with Crippen LogP contribution in [0.25, 0.3) is 0 Å². The molecular formula is C16H24N2O. The van der Waals surface area contributed by atoms with E-state index in [0.717, 1.165) is 5.75 Å². The summed E-state index contributed by atoms with van der Waals surface area (Å²) in [4.78, 5) is 0. The number of ether oxygens (including phenoxy) is 1. The van der Waals surface area contributed by atoms with Crippen molar-refractivity contribution in [1.29, 1.82) is 5.26 Å². The Balaban J connectivity index is 2.63. The molecule has 0 amide bonds. The van der Waals surface area contributed by atoms with Gasteiger partial charge in [0.05, 0.1) is 0 Å². The van der Waals surface area contributed by atoms with Crippen LogP contribution in [-0.2, 0) is 0 Å². The standard InChI is InChI=1S/C16H24N2O/c1-12(18-13(2)16(3,4)5)14-6-8-15(9-7-14)19-11-10-17/h6-9,12-13,18H,11H2,1-5H3. The monoisotopic (exact) mass is 260 g/mol. The molecular weight excluding hydrogens is 236 g/mol. The van der Waals surface area contributed by atoms with Gasteiger partial charge in [0.1, 0.15) is 11.8 Å². The lowest BCUT2D eigenvalue weighted by atomic mass is 9.87. The van der Waals surface area contributed by atoms with Crippen LogP contribution in [0.15, 0.2) is 24.3 Å². The molecule has 1 aromatic carbocycles. The Bertz CT molecular complexity index is 426. The van der Waals surface area contributed by atoms with Gasteiger partial charge in [-0.15, -0.1) is 0 Å². The summed E-state index contributed by atoms with van der Waals surface area (Å²) in [5.74, 6) is 0.737. The first-order valence-corrected chi connectivity index (χ1v) is 6.70. The fourth-order valence-electron chi connectivity index (χ4n) is 1.69. The van der Waals surface area contributed by atoms with Crippen molar-refractivity contribution in [2.45, 2.75) is 46.7 Å². The lowest BCUT2D eigenvalue weighted by Crippen LogP contribution is -2.39. The molecule has 0 radical (unpaired) electrons. The number of nitrogens with one attached hydrogen (secondary N) is 1. The highest BCUT2D eigenvalue weighted by Gasteiger charge is 2.21. The Morgan fingerprint density at radius 2 is 1.79 bits per heavy atom. The zero-order valence-electron chi connectivity index (χ0n) is 12.5. The van der Waals surface area contributed by atoms with Gasteiger partial charge in [0.15, 0.2) is 6.61 Å². The van der Waals surface area contributed by atoms with E-state index >= 15 is 0 Å². The van der Waals surface area contributed by atoms with Gasteiger partial charge < -0.3 is 10.1 Å². The third kappa shape index (κ3) is 4.92. The Morgan fingerprint density at radius 1 is 1.21 bits per heavy atom. The average molecular weight is 260 g/mol. The van der Waals surface area contributed by atoms with Crippen LogP contribution in [-0.4, -0.2) is 12.6 Å². The number of hydrogen-bond donors (Lipinski definition) is 1. The SMILES string of the molecule is CC(NC(C)C(C)(C)C)c1ccc(OCC#N)cc1. The van der Waals surface area contributed by atoms with Crippen LogP contribution in [0.3, 0.4) is 0 Å². The van der Waals surface area contributed by atoms with Crippen molar-refractivity contribution in [2.75, 3.05) is 6.61 Å². The van der Waals surface area contributed by atoms with E-state index in [1.165, 1.54) is 5.56 Å². The van der Waals surface area contributed by atoms with Gasteiger partial charge in [0.25, 0.3) is 0 Å². The summed E-state index contributed by atoms with van der Waals surface area (Å²) in [7, 11) is 0. The van der Waals surface area contributed by atoms with Crippen LogP contribution in [0.2, 0.25) is 0 Å². The van der Waals surface area contributed by atoms with Crippen LogP contribution in [0, 0.1) is 16.7 Å². The number of nitrogens with zero attached hydrogens (tertiary/aromatic N) is 1. The fourth-order valence-corrected chi connectivity index (χ4v) is 1.69. The van der Waals surface area contributed by atoms with E-state index in [2.05, 4.69) is 39.9 Å². The molecule has 3 nitrogen and oxygen atoms in total. The van der Waals surface area contributed by atoms with Crippen LogP contribution < -0.4 is 10.1 Å². The smallest absolute Gasteiger partial charge is 0.174 e. The second kappa shape index (κ2) is 6.58. The summed E-state index contributed by atoms with van der Waals surface area (Å²) in [6.07, 6.45) is 0. The first-order chi connectivity index (χ1) is 8.84. The number of benzene rings is 1. The molecule has 0 saturated heterocycles. The minimum absolute atomic E-state index is 0.0915. The van der Waals surface area contributed by atoms with Gasteiger partial charge in [0.2, 0.25) is 0 Å². The molecule has 0 bridgehead atoms. The number of rotatable bonds is 5. The molecule has 0 aliphatic rings. The van der Waals surface area contributed by atoms with Crippen molar-refractivity contribution in [3.63, 3.8) is 0 Å². The van der Waals surface area contributed by atoms with Crippen LogP contribution in [0.4, 0.5) is 0 Å². The van der Waals surface area contributed by atoms with E-state index in [0.29, 0.717) is 12.1 Å². The fraction of sp³-hybridized carbons (Fsp3) is 0.562. The molecule has 19 heavy (non-hydrogen) atoms. The number of hydrogen-bond acceptors (Lipinski definition) is 3. The molecule has 0 spiro atoms. The van der Waals surface area contributed by atoms with E-state index in [1.807, 2.05) is 30.3 Å². The summed E-state index contributed by atoms with van der Waals surface area (Å²) < 4.78 is 5.24. The van der Waals surface area contributed by atoms with Crippen molar-refractivity contribution < 1.29 is 4.74 Å². The molecule has 1 rings (SSSR count). The van der Waals surface area contributed by atoms with Crippen LogP contribution in [0.5, 0.6) is 5.75 Å². The lowest BCUT2D eigenvalue weighted by Gasteiger charge is -2.31. The van der Waals surface area contributed by atoms with E-state index in [9.17, 15) is 0 Å². The molecule has 0 aromatic heterocycles.